The minimum Gasteiger partial charge on any atom is -0.330 e. The summed E-state index contributed by atoms with van der Waals surface area (Å²) < 4.78 is 0. The number of rotatable bonds is 4. The van der Waals surface area contributed by atoms with E-state index in [2.05, 4.69) is 16.0 Å². The Morgan fingerprint density at radius 3 is 3.16 bits per heavy atom. The van der Waals surface area contributed by atoms with Crippen LogP contribution in [0.2, 0.25) is 0 Å². The third kappa shape index (κ3) is 2.83. The van der Waals surface area contributed by atoms with Gasteiger partial charge >= 0.3 is 0 Å². The molecule has 2 N–H and O–H groups in total. The van der Waals surface area contributed by atoms with E-state index >= 15 is 0 Å². The highest BCUT2D eigenvalue weighted by Gasteiger charge is 2.20. The molecule has 2 aromatic rings. The van der Waals surface area contributed by atoms with E-state index in [4.69, 9.17) is 10.7 Å². The highest BCUT2D eigenvalue weighted by molar-refractivity contribution is 7.15. The van der Waals surface area contributed by atoms with Gasteiger partial charge in [0.25, 0.3) is 0 Å². The Morgan fingerprint density at radius 2 is 2.37 bits per heavy atom. The molecular formula is C14H18N4S. The second-order valence-corrected chi connectivity index (χ2v) is 5.88. The van der Waals surface area contributed by atoms with Crippen molar-refractivity contribution in [2.45, 2.75) is 19.4 Å². The molecule has 0 radical (unpaired) electrons. The summed E-state index contributed by atoms with van der Waals surface area (Å²) in [5.74, 6) is 0. The van der Waals surface area contributed by atoms with Gasteiger partial charge in [0, 0.05) is 42.3 Å². The van der Waals surface area contributed by atoms with Crippen LogP contribution in [0.4, 0.5) is 0 Å². The zero-order valence-electron chi connectivity index (χ0n) is 10.9. The average Bonchev–Trinajstić information content (AvgIpc) is 2.89. The van der Waals surface area contributed by atoms with Gasteiger partial charge in [-0.25, -0.2) is 4.98 Å². The normalized spacial score (nSPS) is 15.4. The molecule has 0 unspecified atom stereocenters. The minimum atomic E-state index is 0.771. The Labute approximate surface area is 117 Å². The lowest BCUT2D eigenvalue weighted by Gasteiger charge is -2.25. The Bertz CT molecular complexity index is 538. The third-order valence-electron chi connectivity index (χ3n) is 3.40. The van der Waals surface area contributed by atoms with Gasteiger partial charge in [0.2, 0.25) is 0 Å². The molecule has 0 amide bonds. The molecule has 0 saturated heterocycles. The van der Waals surface area contributed by atoms with E-state index in [0.29, 0.717) is 0 Å². The smallest absolute Gasteiger partial charge is 0.125 e. The fraction of sp³-hybridized carbons (Fsp3) is 0.429. The first kappa shape index (κ1) is 12.7. The van der Waals surface area contributed by atoms with Gasteiger partial charge in [0.15, 0.2) is 0 Å². The van der Waals surface area contributed by atoms with Crippen molar-refractivity contribution in [2.24, 2.45) is 5.73 Å². The zero-order valence-corrected chi connectivity index (χ0v) is 11.7. The zero-order chi connectivity index (χ0) is 13.1. The van der Waals surface area contributed by atoms with Crippen LogP contribution in [0.25, 0.3) is 10.6 Å². The molecule has 19 heavy (non-hydrogen) atoms. The van der Waals surface area contributed by atoms with Gasteiger partial charge in [0.1, 0.15) is 5.01 Å². The number of aromatic nitrogens is 2. The lowest BCUT2D eigenvalue weighted by atomic mass is 10.1. The molecule has 1 aliphatic heterocycles. The maximum Gasteiger partial charge on any atom is 0.125 e. The number of hydrogen-bond acceptors (Lipinski definition) is 5. The molecule has 0 bridgehead atoms. The first-order chi connectivity index (χ1) is 9.36. The Balaban J connectivity index is 1.77. The molecule has 0 aliphatic carbocycles. The number of nitrogens with two attached hydrogens (primary N) is 1. The van der Waals surface area contributed by atoms with E-state index in [1.54, 1.807) is 17.5 Å². The minimum absolute atomic E-state index is 0.771. The van der Waals surface area contributed by atoms with Crippen LogP contribution in [0.3, 0.4) is 0 Å². The van der Waals surface area contributed by atoms with Crippen LogP contribution in [-0.4, -0.2) is 34.5 Å². The SMILES string of the molecule is NCCCN1CCc2nc(-c3cccnc3)sc2C1. The van der Waals surface area contributed by atoms with E-state index in [-0.39, 0.29) is 0 Å². The van der Waals surface area contributed by atoms with Crippen molar-refractivity contribution >= 4 is 11.3 Å². The summed E-state index contributed by atoms with van der Waals surface area (Å²) in [5.41, 5.74) is 7.97. The first-order valence-electron chi connectivity index (χ1n) is 6.68. The molecule has 3 rings (SSSR count). The molecule has 4 nitrogen and oxygen atoms in total. The molecule has 100 valence electrons. The molecule has 1 aliphatic rings. The van der Waals surface area contributed by atoms with E-state index in [0.717, 1.165) is 49.6 Å². The summed E-state index contributed by atoms with van der Waals surface area (Å²) >= 11 is 1.80. The van der Waals surface area contributed by atoms with E-state index in [1.165, 1.54) is 10.6 Å². The van der Waals surface area contributed by atoms with E-state index < -0.39 is 0 Å². The van der Waals surface area contributed by atoms with Crippen molar-refractivity contribution in [1.82, 2.24) is 14.9 Å². The van der Waals surface area contributed by atoms with Gasteiger partial charge in [-0.05, 0) is 31.6 Å². The largest absolute Gasteiger partial charge is 0.330 e. The van der Waals surface area contributed by atoms with Gasteiger partial charge in [-0.15, -0.1) is 11.3 Å². The fourth-order valence-corrected chi connectivity index (χ4v) is 3.51. The first-order valence-corrected chi connectivity index (χ1v) is 7.50. The number of fused-ring (bicyclic) bond motifs is 1. The van der Waals surface area contributed by atoms with Crippen molar-refractivity contribution in [3.05, 3.63) is 35.1 Å². The predicted molar refractivity (Wildman–Crippen MR) is 78.0 cm³/mol. The molecule has 3 heterocycles. The van der Waals surface area contributed by atoms with Gasteiger partial charge < -0.3 is 5.73 Å². The van der Waals surface area contributed by atoms with Gasteiger partial charge in [-0.1, -0.05) is 0 Å². The average molecular weight is 274 g/mol. The molecule has 2 aromatic heterocycles. The van der Waals surface area contributed by atoms with Crippen molar-refractivity contribution < 1.29 is 0 Å². The van der Waals surface area contributed by atoms with Crippen molar-refractivity contribution in [2.75, 3.05) is 19.6 Å². The van der Waals surface area contributed by atoms with Crippen LogP contribution >= 0.6 is 11.3 Å². The summed E-state index contributed by atoms with van der Waals surface area (Å²) in [5, 5.41) is 1.10. The van der Waals surface area contributed by atoms with Crippen LogP contribution in [0, 0.1) is 0 Å². The molecular weight excluding hydrogens is 256 g/mol. The highest BCUT2D eigenvalue weighted by atomic mass is 32.1. The molecule has 5 heteroatoms. The molecule has 0 spiro atoms. The van der Waals surface area contributed by atoms with Crippen LogP contribution in [0.5, 0.6) is 0 Å². The number of nitrogens with zero attached hydrogens (tertiary/aromatic N) is 3. The third-order valence-corrected chi connectivity index (χ3v) is 4.53. The lowest BCUT2D eigenvalue weighted by molar-refractivity contribution is 0.254. The molecule has 0 aromatic carbocycles. The quantitative estimate of drug-likeness (QED) is 0.925. The van der Waals surface area contributed by atoms with Crippen LogP contribution in [0.15, 0.2) is 24.5 Å². The topological polar surface area (TPSA) is 55.0 Å². The van der Waals surface area contributed by atoms with Crippen LogP contribution in [-0.2, 0) is 13.0 Å². The summed E-state index contributed by atoms with van der Waals surface area (Å²) in [4.78, 5) is 12.8. The fourth-order valence-electron chi connectivity index (χ4n) is 2.37. The number of pyridine rings is 1. The van der Waals surface area contributed by atoms with Crippen molar-refractivity contribution in [3.63, 3.8) is 0 Å². The molecule has 0 fully saturated rings. The van der Waals surface area contributed by atoms with Gasteiger partial charge in [-0.2, -0.15) is 0 Å². The molecule has 0 saturated carbocycles. The summed E-state index contributed by atoms with van der Waals surface area (Å²) in [6.45, 7) is 3.99. The van der Waals surface area contributed by atoms with E-state index in [1.807, 2.05) is 12.3 Å². The summed E-state index contributed by atoms with van der Waals surface area (Å²) in [6, 6.07) is 4.03. The molecule has 0 atom stereocenters. The standard InChI is InChI=1S/C14H18N4S/c15-5-2-7-18-8-4-12-13(10-18)19-14(17-12)11-3-1-6-16-9-11/h1,3,6,9H,2,4-5,7-8,10,15H2. The lowest BCUT2D eigenvalue weighted by Crippen LogP contribution is -2.31. The van der Waals surface area contributed by atoms with Gasteiger partial charge in [0.05, 0.1) is 5.69 Å². The Morgan fingerprint density at radius 1 is 1.42 bits per heavy atom. The van der Waals surface area contributed by atoms with Crippen molar-refractivity contribution in [3.8, 4) is 10.6 Å². The Hall–Kier alpha value is -1.30. The highest BCUT2D eigenvalue weighted by Crippen LogP contribution is 2.31. The van der Waals surface area contributed by atoms with Crippen molar-refractivity contribution in [1.29, 1.82) is 0 Å². The number of thiazole rings is 1. The van der Waals surface area contributed by atoms with E-state index in [9.17, 15) is 0 Å². The Kier molecular flexibility index (Phi) is 3.87. The van der Waals surface area contributed by atoms with Gasteiger partial charge in [-0.3, -0.25) is 9.88 Å². The van der Waals surface area contributed by atoms with Crippen LogP contribution in [0.1, 0.15) is 17.0 Å². The monoisotopic (exact) mass is 274 g/mol. The summed E-state index contributed by atoms with van der Waals surface area (Å²) in [7, 11) is 0. The number of hydrogen-bond donors (Lipinski definition) is 1. The second-order valence-electron chi connectivity index (χ2n) is 4.80. The maximum absolute atomic E-state index is 5.58. The summed E-state index contributed by atoms with van der Waals surface area (Å²) in [6.07, 6.45) is 5.81. The van der Waals surface area contributed by atoms with Crippen LogP contribution < -0.4 is 5.73 Å². The maximum atomic E-state index is 5.58. The predicted octanol–water partition coefficient (Wildman–Crippen LogP) is 1.91. The second kappa shape index (κ2) is 5.77.